The van der Waals surface area contributed by atoms with Crippen molar-refractivity contribution in [2.24, 2.45) is 0 Å². The molecule has 1 N–H and O–H groups in total. The van der Waals surface area contributed by atoms with Crippen molar-refractivity contribution in [3.63, 3.8) is 0 Å². The fourth-order valence-corrected chi connectivity index (χ4v) is 3.15. The van der Waals surface area contributed by atoms with Crippen LogP contribution >= 0.6 is 0 Å². The maximum absolute atomic E-state index is 12.8. The van der Waals surface area contributed by atoms with Gasteiger partial charge in [0.15, 0.2) is 0 Å². The van der Waals surface area contributed by atoms with Gasteiger partial charge in [-0.15, -0.1) is 0 Å². The second-order valence-electron chi connectivity index (χ2n) is 6.80. The Morgan fingerprint density at radius 2 is 1.77 bits per heavy atom. The molecule has 138 valence electrons. The highest BCUT2D eigenvalue weighted by molar-refractivity contribution is 5.94. The molecule has 1 saturated heterocycles. The first-order valence-corrected chi connectivity index (χ1v) is 9.19. The van der Waals surface area contributed by atoms with E-state index in [0.29, 0.717) is 19.0 Å². The number of benzene rings is 1. The van der Waals surface area contributed by atoms with Crippen molar-refractivity contribution >= 4 is 17.7 Å². The zero-order valence-electron chi connectivity index (χ0n) is 16.0. The molecular weight excluding hydrogens is 326 g/mol. The lowest BCUT2D eigenvalue weighted by Crippen LogP contribution is -2.49. The molecule has 26 heavy (non-hydrogen) atoms. The van der Waals surface area contributed by atoms with E-state index in [4.69, 9.17) is 0 Å². The van der Waals surface area contributed by atoms with Crippen LogP contribution in [0.5, 0.6) is 0 Å². The van der Waals surface area contributed by atoms with Crippen molar-refractivity contribution in [3.8, 4) is 0 Å². The fourth-order valence-electron chi connectivity index (χ4n) is 3.15. The zero-order chi connectivity index (χ0) is 18.7. The van der Waals surface area contributed by atoms with Crippen LogP contribution in [-0.2, 0) is 0 Å². The Bertz CT molecular complexity index is 797. The minimum atomic E-state index is 0.111. The van der Waals surface area contributed by atoms with E-state index >= 15 is 0 Å². The van der Waals surface area contributed by atoms with Crippen LogP contribution in [0.2, 0.25) is 0 Å². The molecule has 2 aromatic rings. The number of aromatic nitrogens is 2. The van der Waals surface area contributed by atoms with Gasteiger partial charge in [-0.05, 0) is 51.0 Å². The maximum atomic E-state index is 12.8. The molecule has 0 saturated carbocycles. The number of piperazine rings is 1. The largest absolute Gasteiger partial charge is 0.354 e. The smallest absolute Gasteiger partial charge is 0.253 e. The third-order valence-corrected chi connectivity index (χ3v) is 4.82. The Morgan fingerprint density at radius 1 is 1.04 bits per heavy atom. The van der Waals surface area contributed by atoms with Gasteiger partial charge in [0.25, 0.3) is 5.91 Å². The summed E-state index contributed by atoms with van der Waals surface area (Å²) in [7, 11) is 0. The zero-order valence-corrected chi connectivity index (χ0v) is 16.0. The van der Waals surface area contributed by atoms with E-state index in [1.54, 1.807) is 0 Å². The minimum absolute atomic E-state index is 0.111. The number of aryl methyl sites for hydroxylation is 3. The van der Waals surface area contributed by atoms with Crippen molar-refractivity contribution < 1.29 is 4.79 Å². The van der Waals surface area contributed by atoms with Crippen LogP contribution in [0.25, 0.3) is 0 Å². The van der Waals surface area contributed by atoms with Crippen LogP contribution in [-0.4, -0.2) is 53.5 Å². The summed E-state index contributed by atoms with van der Waals surface area (Å²) in [6, 6.07) is 7.93. The van der Waals surface area contributed by atoms with Gasteiger partial charge in [0.2, 0.25) is 5.95 Å². The monoisotopic (exact) mass is 353 g/mol. The predicted octanol–water partition coefficient (Wildman–Crippen LogP) is 2.80. The third kappa shape index (κ3) is 3.95. The molecule has 0 bridgehead atoms. The van der Waals surface area contributed by atoms with E-state index < -0.39 is 0 Å². The quantitative estimate of drug-likeness (QED) is 0.916. The van der Waals surface area contributed by atoms with Crippen LogP contribution < -0.4 is 10.2 Å². The van der Waals surface area contributed by atoms with Gasteiger partial charge >= 0.3 is 0 Å². The number of carbonyl (C=O) groups is 1. The lowest BCUT2D eigenvalue weighted by atomic mass is 10.1. The Morgan fingerprint density at radius 3 is 2.42 bits per heavy atom. The lowest BCUT2D eigenvalue weighted by Gasteiger charge is -2.35. The third-order valence-electron chi connectivity index (χ3n) is 4.82. The Balaban J connectivity index is 1.67. The first-order chi connectivity index (χ1) is 12.5. The molecule has 1 aromatic carbocycles. The van der Waals surface area contributed by atoms with Crippen LogP contribution in [0.15, 0.2) is 24.3 Å². The highest BCUT2D eigenvalue weighted by Gasteiger charge is 2.23. The summed E-state index contributed by atoms with van der Waals surface area (Å²) in [4.78, 5) is 25.9. The maximum Gasteiger partial charge on any atom is 0.253 e. The highest BCUT2D eigenvalue weighted by Crippen LogP contribution is 2.18. The molecule has 0 unspecified atom stereocenters. The van der Waals surface area contributed by atoms with E-state index in [-0.39, 0.29) is 5.91 Å². The second-order valence-corrected chi connectivity index (χ2v) is 6.80. The number of nitrogens with zero attached hydrogens (tertiary/aromatic N) is 4. The van der Waals surface area contributed by atoms with Gasteiger partial charge in [0.05, 0.1) is 0 Å². The van der Waals surface area contributed by atoms with Crippen molar-refractivity contribution in [2.75, 3.05) is 42.9 Å². The van der Waals surface area contributed by atoms with Crippen molar-refractivity contribution in [1.29, 1.82) is 0 Å². The van der Waals surface area contributed by atoms with E-state index in [9.17, 15) is 4.79 Å². The SMILES string of the molecule is CCNc1nc(C)cc(N2CCN(C(=O)c3ccc(C)c(C)c3)CC2)n1. The number of amides is 1. The van der Waals surface area contributed by atoms with Gasteiger partial charge in [0, 0.05) is 50.0 Å². The molecule has 6 heteroatoms. The van der Waals surface area contributed by atoms with Gasteiger partial charge < -0.3 is 15.1 Å². The van der Waals surface area contributed by atoms with Crippen LogP contribution in [0.1, 0.15) is 34.1 Å². The second kappa shape index (κ2) is 7.72. The molecule has 1 aromatic heterocycles. The number of hydrogen-bond donors (Lipinski definition) is 1. The lowest BCUT2D eigenvalue weighted by molar-refractivity contribution is 0.0746. The minimum Gasteiger partial charge on any atom is -0.354 e. The van der Waals surface area contributed by atoms with Gasteiger partial charge in [-0.3, -0.25) is 4.79 Å². The first-order valence-electron chi connectivity index (χ1n) is 9.19. The predicted molar refractivity (Wildman–Crippen MR) is 105 cm³/mol. The molecule has 3 rings (SSSR count). The summed E-state index contributed by atoms with van der Waals surface area (Å²) >= 11 is 0. The van der Waals surface area contributed by atoms with Crippen LogP contribution in [0.3, 0.4) is 0 Å². The molecule has 0 radical (unpaired) electrons. The number of anilines is 2. The standard InChI is InChI=1S/C20H27N5O/c1-5-21-20-22-16(4)13-18(23-20)24-8-10-25(11-9-24)19(26)17-7-6-14(2)15(3)12-17/h6-7,12-13H,5,8-11H2,1-4H3,(H,21,22,23). The van der Waals surface area contributed by atoms with E-state index in [1.807, 2.05) is 49.9 Å². The van der Waals surface area contributed by atoms with Crippen molar-refractivity contribution in [2.45, 2.75) is 27.7 Å². The topological polar surface area (TPSA) is 61.4 Å². The first kappa shape index (κ1) is 18.2. The molecule has 1 fully saturated rings. The number of carbonyl (C=O) groups excluding carboxylic acids is 1. The summed E-state index contributed by atoms with van der Waals surface area (Å²) in [6.45, 7) is 11.9. The number of hydrogen-bond acceptors (Lipinski definition) is 5. The van der Waals surface area contributed by atoms with Gasteiger partial charge in [-0.2, -0.15) is 4.98 Å². The Hall–Kier alpha value is -2.63. The molecule has 2 heterocycles. The number of rotatable bonds is 4. The van der Waals surface area contributed by atoms with E-state index in [1.165, 1.54) is 5.56 Å². The summed E-state index contributed by atoms with van der Waals surface area (Å²) in [5.74, 6) is 1.70. The van der Waals surface area contributed by atoms with E-state index in [0.717, 1.165) is 42.3 Å². The molecular formula is C20H27N5O. The summed E-state index contributed by atoms with van der Waals surface area (Å²) in [6.07, 6.45) is 0. The van der Waals surface area contributed by atoms with Crippen molar-refractivity contribution in [3.05, 3.63) is 46.6 Å². The fraction of sp³-hybridized carbons (Fsp3) is 0.450. The molecule has 6 nitrogen and oxygen atoms in total. The molecule has 0 spiro atoms. The summed E-state index contributed by atoms with van der Waals surface area (Å²) in [5, 5.41) is 3.17. The van der Waals surface area contributed by atoms with E-state index in [2.05, 4.69) is 27.1 Å². The molecule has 0 atom stereocenters. The van der Waals surface area contributed by atoms with Crippen LogP contribution in [0.4, 0.5) is 11.8 Å². The summed E-state index contributed by atoms with van der Waals surface area (Å²) < 4.78 is 0. The normalized spacial score (nSPS) is 14.5. The average Bonchev–Trinajstić information content (AvgIpc) is 2.63. The van der Waals surface area contributed by atoms with Gasteiger partial charge in [-0.1, -0.05) is 6.07 Å². The molecule has 1 aliphatic heterocycles. The average molecular weight is 353 g/mol. The van der Waals surface area contributed by atoms with Crippen molar-refractivity contribution in [1.82, 2.24) is 14.9 Å². The van der Waals surface area contributed by atoms with Gasteiger partial charge in [0.1, 0.15) is 5.82 Å². The Kier molecular flexibility index (Phi) is 5.40. The van der Waals surface area contributed by atoms with Gasteiger partial charge in [-0.25, -0.2) is 4.98 Å². The highest BCUT2D eigenvalue weighted by atomic mass is 16.2. The molecule has 1 aliphatic rings. The Labute approximate surface area is 155 Å². The summed E-state index contributed by atoms with van der Waals surface area (Å²) in [5.41, 5.74) is 4.08. The molecule has 0 aliphatic carbocycles. The number of nitrogens with one attached hydrogen (secondary N) is 1. The molecule has 1 amide bonds. The van der Waals surface area contributed by atoms with Crippen LogP contribution in [0, 0.1) is 20.8 Å².